The third-order valence-electron chi connectivity index (χ3n) is 3.98. The predicted octanol–water partition coefficient (Wildman–Crippen LogP) is 3.69. The smallest absolute Gasteiger partial charge is 0.278 e. The van der Waals surface area contributed by atoms with Crippen molar-refractivity contribution in [2.24, 2.45) is 0 Å². The lowest BCUT2D eigenvalue weighted by Crippen LogP contribution is -2.12. The van der Waals surface area contributed by atoms with Crippen LogP contribution in [0.5, 0.6) is 0 Å². The van der Waals surface area contributed by atoms with Crippen molar-refractivity contribution in [3.05, 3.63) is 53.1 Å². The molecule has 1 aromatic carbocycles. The zero-order valence-corrected chi connectivity index (χ0v) is 15.9. The highest BCUT2D eigenvalue weighted by Crippen LogP contribution is 2.32. The van der Waals surface area contributed by atoms with Gasteiger partial charge >= 0.3 is 0 Å². The van der Waals surface area contributed by atoms with Crippen LogP contribution in [0.15, 0.2) is 36.9 Å². The number of para-hydroxylation sites is 1. The normalized spacial score (nSPS) is 11.0. The molecular weight excluding hydrogens is 382 g/mol. The van der Waals surface area contributed by atoms with E-state index in [1.54, 1.807) is 6.08 Å². The molecule has 3 N–H and O–H groups in total. The number of fused-ring (bicyclic) bond motifs is 1. The van der Waals surface area contributed by atoms with Crippen molar-refractivity contribution in [1.82, 2.24) is 29.9 Å². The number of nitrogens with zero attached hydrogens (tertiary/aromatic N) is 4. The maximum Gasteiger partial charge on any atom is 0.278 e. The Hall–Kier alpha value is -3.11. The van der Waals surface area contributed by atoms with Crippen LogP contribution in [0.4, 0.5) is 5.13 Å². The van der Waals surface area contributed by atoms with Crippen molar-refractivity contribution in [3.8, 4) is 10.7 Å². The molecule has 0 aliphatic rings. The lowest BCUT2D eigenvalue weighted by molar-refractivity contribution is 0.102. The summed E-state index contributed by atoms with van der Waals surface area (Å²) in [4.78, 5) is 17.9. The SMILES string of the molecule is C=CCn1c(-c2sc(NC(=O)c3n[nH]c4ccccc34)nc2C)n[nH]c1=S. The lowest BCUT2D eigenvalue weighted by Gasteiger charge is -2.01. The predicted molar refractivity (Wildman–Crippen MR) is 108 cm³/mol. The summed E-state index contributed by atoms with van der Waals surface area (Å²) in [5.41, 5.74) is 1.88. The Bertz CT molecular complexity index is 1210. The summed E-state index contributed by atoms with van der Waals surface area (Å²) in [7, 11) is 0. The summed E-state index contributed by atoms with van der Waals surface area (Å²) in [6.07, 6.45) is 1.75. The second-order valence-corrected chi connectivity index (χ2v) is 7.14. The number of benzene rings is 1. The Morgan fingerprint density at radius 1 is 1.37 bits per heavy atom. The number of hydrogen-bond acceptors (Lipinski definition) is 6. The molecular formula is C17H15N7OS2. The van der Waals surface area contributed by atoms with E-state index in [0.29, 0.717) is 28.0 Å². The standard InChI is InChI=1S/C17H15N7OS2/c1-3-8-24-14(22-23-17(24)26)13-9(2)18-16(27-13)19-15(25)12-10-6-4-5-7-11(10)20-21-12/h3-7H,1,8H2,2H3,(H,20,21)(H,23,26)(H,18,19,25). The molecule has 4 rings (SSSR count). The summed E-state index contributed by atoms with van der Waals surface area (Å²) < 4.78 is 2.33. The Morgan fingerprint density at radius 2 is 2.19 bits per heavy atom. The molecule has 0 saturated heterocycles. The van der Waals surface area contributed by atoms with Gasteiger partial charge in [-0.15, -0.1) is 6.58 Å². The molecule has 0 aliphatic heterocycles. The number of aromatic nitrogens is 6. The van der Waals surface area contributed by atoms with Gasteiger partial charge in [0, 0.05) is 11.9 Å². The fraction of sp³-hybridized carbons (Fsp3) is 0.118. The van der Waals surface area contributed by atoms with Gasteiger partial charge in [0.25, 0.3) is 5.91 Å². The van der Waals surface area contributed by atoms with Gasteiger partial charge < -0.3 is 0 Å². The number of hydrogen-bond donors (Lipinski definition) is 3. The average molecular weight is 397 g/mol. The number of carbonyl (C=O) groups excluding carboxylic acids is 1. The number of aryl methyl sites for hydroxylation is 1. The molecule has 0 atom stereocenters. The average Bonchev–Trinajstić information content (AvgIpc) is 3.33. The van der Waals surface area contributed by atoms with E-state index in [0.717, 1.165) is 21.5 Å². The molecule has 8 nitrogen and oxygen atoms in total. The molecule has 1 amide bonds. The van der Waals surface area contributed by atoms with Gasteiger partial charge in [0.05, 0.1) is 16.1 Å². The maximum atomic E-state index is 12.6. The Labute approximate surface area is 163 Å². The minimum absolute atomic E-state index is 0.322. The van der Waals surface area contributed by atoms with Crippen LogP contribution in [0.1, 0.15) is 16.2 Å². The molecule has 0 unspecified atom stereocenters. The highest BCUT2D eigenvalue weighted by Gasteiger charge is 2.19. The molecule has 3 heterocycles. The molecule has 0 radical (unpaired) electrons. The lowest BCUT2D eigenvalue weighted by atomic mass is 10.2. The van der Waals surface area contributed by atoms with Crippen molar-refractivity contribution in [2.45, 2.75) is 13.5 Å². The summed E-state index contributed by atoms with van der Waals surface area (Å²) in [6.45, 7) is 6.14. The second kappa shape index (κ2) is 6.89. The Kier molecular flexibility index (Phi) is 4.42. The molecule has 0 spiro atoms. The third kappa shape index (κ3) is 3.09. The molecule has 10 heteroatoms. The summed E-state index contributed by atoms with van der Waals surface area (Å²) in [6, 6.07) is 7.46. The summed E-state index contributed by atoms with van der Waals surface area (Å²) in [5, 5.41) is 18.1. The van der Waals surface area contributed by atoms with Crippen LogP contribution in [-0.2, 0) is 6.54 Å². The molecule has 0 saturated carbocycles. The van der Waals surface area contributed by atoms with E-state index >= 15 is 0 Å². The van der Waals surface area contributed by atoms with E-state index in [2.05, 4.69) is 37.3 Å². The first-order valence-electron chi connectivity index (χ1n) is 8.07. The molecule has 27 heavy (non-hydrogen) atoms. The monoisotopic (exact) mass is 397 g/mol. The molecule has 0 aliphatic carbocycles. The number of thiazole rings is 1. The zero-order chi connectivity index (χ0) is 19.0. The number of aromatic amines is 2. The number of nitrogens with one attached hydrogen (secondary N) is 3. The molecule has 3 aromatic heterocycles. The largest absolute Gasteiger partial charge is 0.296 e. The number of allylic oxidation sites excluding steroid dienone is 1. The van der Waals surface area contributed by atoms with Gasteiger partial charge in [-0.25, -0.2) is 4.98 Å². The maximum absolute atomic E-state index is 12.6. The summed E-state index contributed by atoms with van der Waals surface area (Å²) in [5.74, 6) is 0.346. The van der Waals surface area contributed by atoms with Gasteiger partial charge in [-0.05, 0) is 25.2 Å². The van der Waals surface area contributed by atoms with E-state index in [1.807, 2.05) is 35.8 Å². The van der Waals surface area contributed by atoms with Gasteiger partial charge in [0.2, 0.25) is 0 Å². The Morgan fingerprint density at radius 3 is 3.00 bits per heavy atom. The minimum atomic E-state index is -0.322. The van der Waals surface area contributed by atoms with Gasteiger partial charge in [0.15, 0.2) is 21.4 Å². The van der Waals surface area contributed by atoms with Crippen LogP contribution in [0.3, 0.4) is 0 Å². The van der Waals surface area contributed by atoms with Gasteiger partial charge in [-0.2, -0.15) is 10.2 Å². The van der Waals surface area contributed by atoms with Crippen molar-refractivity contribution in [2.75, 3.05) is 5.32 Å². The highest BCUT2D eigenvalue weighted by atomic mass is 32.1. The first-order valence-corrected chi connectivity index (χ1v) is 9.29. The molecule has 4 aromatic rings. The number of H-pyrrole nitrogens is 2. The van der Waals surface area contributed by atoms with Gasteiger partial charge in [0.1, 0.15) is 0 Å². The van der Waals surface area contributed by atoms with E-state index < -0.39 is 0 Å². The van der Waals surface area contributed by atoms with Crippen LogP contribution in [0.2, 0.25) is 0 Å². The third-order valence-corrected chi connectivity index (χ3v) is 5.36. The zero-order valence-electron chi connectivity index (χ0n) is 14.3. The van der Waals surface area contributed by atoms with Gasteiger partial charge in [-0.3, -0.25) is 24.9 Å². The van der Waals surface area contributed by atoms with Crippen molar-refractivity contribution >= 4 is 45.5 Å². The van der Waals surface area contributed by atoms with Gasteiger partial charge in [-0.1, -0.05) is 35.6 Å². The van der Waals surface area contributed by atoms with E-state index in [4.69, 9.17) is 12.2 Å². The number of amides is 1. The second-order valence-electron chi connectivity index (χ2n) is 5.76. The van der Waals surface area contributed by atoms with Crippen LogP contribution in [-0.4, -0.2) is 35.9 Å². The first-order chi connectivity index (χ1) is 13.1. The summed E-state index contributed by atoms with van der Waals surface area (Å²) >= 11 is 6.59. The van der Waals surface area contributed by atoms with E-state index in [9.17, 15) is 4.79 Å². The van der Waals surface area contributed by atoms with E-state index in [1.165, 1.54) is 11.3 Å². The number of anilines is 1. The molecule has 0 fully saturated rings. The molecule has 0 bridgehead atoms. The van der Waals surface area contributed by atoms with Crippen LogP contribution < -0.4 is 5.32 Å². The fourth-order valence-electron chi connectivity index (χ4n) is 2.74. The minimum Gasteiger partial charge on any atom is -0.296 e. The van der Waals surface area contributed by atoms with Crippen LogP contribution in [0, 0.1) is 11.7 Å². The molecule has 136 valence electrons. The van der Waals surface area contributed by atoms with Crippen LogP contribution in [0.25, 0.3) is 21.6 Å². The first kappa shape index (κ1) is 17.3. The number of carbonyl (C=O) groups is 1. The Balaban J connectivity index is 1.65. The highest BCUT2D eigenvalue weighted by molar-refractivity contribution is 7.71. The van der Waals surface area contributed by atoms with Crippen molar-refractivity contribution in [1.29, 1.82) is 0 Å². The van der Waals surface area contributed by atoms with Crippen molar-refractivity contribution < 1.29 is 4.79 Å². The quantitative estimate of drug-likeness (QED) is 0.352. The topological polar surface area (TPSA) is 104 Å². The fourth-order valence-corrected chi connectivity index (χ4v) is 3.91. The van der Waals surface area contributed by atoms with E-state index in [-0.39, 0.29) is 5.91 Å². The number of rotatable bonds is 5. The van der Waals surface area contributed by atoms with Crippen molar-refractivity contribution in [3.63, 3.8) is 0 Å². The van der Waals surface area contributed by atoms with Crippen LogP contribution >= 0.6 is 23.6 Å².